The average Bonchev–Trinajstić information content (AvgIpc) is 3.17. The van der Waals surface area contributed by atoms with Crippen LogP contribution in [0.5, 0.6) is 0 Å². The van der Waals surface area contributed by atoms with Crippen molar-refractivity contribution in [3.63, 3.8) is 0 Å². The van der Waals surface area contributed by atoms with Crippen molar-refractivity contribution >= 4 is 49.9 Å². The van der Waals surface area contributed by atoms with Gasteiger partial charge in [0.15, 0.2) is 5.13 Å². The molecule has 2 aliphatic carbocycles. The van der Waals surface area contributed by atoms with E-state index in [4.69, 9.17) is 37.4 Å². The maximum Gasteiger partial charge on any atom is 0.186 e. The van der Waals surface area contributed by atoms with Gasteiger partial charge in [0.05, 0.1) is 33.0 Å². The minimum Gasteiger partial charge on any atom is -0.373 e. The first-order valence-electron chi connectivity index (χ1n) is 11.8. The quantitative estimate of drug-likeness (QED) is 0.271. The molecule has 3 fully saturated rings. The van der Waals surface area contributed by atoms with E-state index >= 15 is 0 Å². The fraction of sp³-hybridized carbons (Fsp3) is 0.385. The molecule has 7 rings (SSSR count). The lowest BCUT2D eigenvalue weighted by molar-refractivity contribution is 0.0123. The lowest BCUT2D eigenvalue weighted by atomic mass is 10.0. The first-order valence-corrected chi connectivity index (χ1v) is 13.4. The summed E-state index contributed by atoms with van der Waals surface area (Å²) >= 11 is 14.8. The molecule has 0 radical (unpaired) electrons. The Morgan fingerprint density at radius 2 is 1.88 bits per heavy atom. The van der Waals surface area contributed by atoms with Gasteiger partial charge in [-0.1, -0.05) is 57.9 Å². The molecule has 4 aromatic rings. The summed E-state index contributed by atoms with van der Waals surface area (Å²) in [4.78, 5) is 7.37. The third-order valence-corrected chi connectivity index (χ3v) is 9.12. The number of rotatable bonds is 6. The van der Waals surface area contributed by atoms with Crippen molar-refractivity contribution in [2.75, 3.05) is 11.4 Å². The first-order chi connectivity index (χ1) is 16.7. The SMILES string of the molecule is Clc1cccc(Cl)c1-c1noc(C2CC2)c1COC1CC2CC1CN2c1nc2ccccc2s1. The van der Waals surface area contributed by atoms with E-state index in [1.807, 2.05) is 18.2 Å². The Bertz CT molecular complexity index is 1330. The van der Waals surface area contributed by atoms with Crippen molar-refractivity contribution < 1.29 is 9.26 Å². The lowest BCUT2D eigenvalue weighted by Gasteiger charge is -2.31. The maximum absolute atomic E-state index is 6.56. The highest BCUT2D eigenvalue weighted by atomic mass is 35.5. The third kappa shape index (κ3) is 3.54. The topological polar surface area (TPSA) is 51.4 Å². The summed E-state index contributed by atoms with van der Waals surface area (Å²) in [6.07, 6.45) is 4.66. The Kier molecular flexibility index (Phi) is 5.13. The number of ether oxygens (including phenoxy) is 1. The first kappa shape index (κ1) is 21.2. The average molecular weight is 512 g/mol. The number of para-hydroxylation sites is 1. The van der Waals surface area contributed by atoms with E-state index in [9.17, 15) is 0 Å². The van der Waals surface area contributed by atoms with Crippen LogP contribution in [0.4, 0.5) is 5.13 Å². The number of benzene rings is 2. The van der Waals surface area contributed by atoms with Crippen molar-refractivity contribution in [1.29, 1.82) is 0 Å². The van der Waals surface area contributed by atoms with Gasteiger partial charge in [0.2, 0.25) is 0 Å². The molecule has 2 saturated carbocycles. The minimum atomic E-state index is 0.229. The van der Waals surface area contributed by atoms with Gasteiger partial charge >= 0.3 is 0 Å². The van der Waals surface area contributed by atoms with Gasteiger partial charge in [-0.15, -0.1) is 0 Å². The molecule has 0 N–H and O–H groups in total. The van der Waals surface area contributed by atoms with Gasteiger partial charge in [-0.25, -0.2) is 4.98 Å². The molecule has 2 aromatic carbocycles. The van der Waals surface area contributed by atoms with Gasteiger partial charge in [-0.2, -0.15) is 0 Å². The molecule has 1 aliphatic heterocycles. The number of fused-ring (bicyclic) bond motifs is 3. The van der Waals surface area contributed by atoms with Gasteiger partial charge in [0.1, 0.15) is 11.5 Å². The predicted molar refractivity (Wildman–Crippen MR) is 136 cm³/mol. The Labute approximate surface area is 211 Å². The zero-order valence-electron chi connectivity index (χ0n) is 18.4. The van der Waals surface area contributed by atoms with Crippen molar-refractivity contribution in [2.24, 2.45) is 5.92 Å². The highest BCUT2D eigenvalue weighted by Crippen LogP contribution is 2.48. The molecule has 2 aromatic heterocycles. The molecule has 5 nitrogen and oxygen atoms in total. The minimum absolute atomic E-state index is 0.229. The van der Waals surface area contributed by atoms with Crippen molar-refractivity contribution in [1.82, 2.24) is 10.1 Å². The number of nitrogens with zero attached hydrogens (tertiary/aromatic N) is 3. The highest BCUT2D eigenvalue weighted by molar-refractivity contribution is 7.22. The summed E-state index contributed by atoms with van der Waals surface area (Å²) in [5.41, 5.74) is 3.54. The van der Waals surface area contributed by atoms with Crippen LogP contribution in [0, 0.1) is 5.92 Å². The number of aromatic nitrogens is 2. The van der Waals surface area contributed by atoms with Crippen molar-refractivity contribution in [2.45, 2.75) is 50.4 Å². The summed E-state index contributed by atoms with van der Waals surface area (Å²) in [5.74, 6) is 1.87. The smallest absolute Gasteiger partial charge is 0.186 e. The van der Waals surface area contributed by atoms with Crippen LogP contribution < -0.4 is 4.90 Å². The van der Waals surface area contributed by atoms with Crippen LogP contribution in [-0.2, 0) is 11.3 Å². The van der Waals surface area contributed by atoms with Crippen molar-refractivity contribution in [3.8, 4) is 11.3 Å². The summed E-state index contributed by atoms with van der Waals surface area (Å²) in [7, 11) is 0. The highest BCUT2D eigenvalue weighted by Gasteiger charge is 2.46. The molecule has 2 bridgehead atoms. The normalized spacial score (nSPS) is 23.9. The maximum atomic E-state index is 6.56. The summed E-state index contributed by atoms with van der Waals surface area (Å²) in [5, 5.41) is 6.69. The van der Waals surface area contributed by atoms with Crippen molar-refractivity contribution in [3.05, 3.63) is 63.8 Å². The summed E-state index contributed by atoms with van der Waals surface area (Å²) in [6.45, 7) is 1.47. The number of hydrogen-bond acceptors (Lipinski definition) is 6. The van der Waals surface area contributed by atoms with Crippen LogP contribution in [0.15, 0.2) is 47.0 Å². The number of hydrogen-bond donors (Lipinski definition) is 0. The van der Waals surface area contributed by atoms with E-state index in [1.54, 1.807) is 11.3 Å². The molecule has 3 unspecified atom stereocenters. The second-order valence-electron chi connectivity index (χ2n) is 9.60. The van der Waals surface area contributed by atoms with Gasteiger partial charge < -0.3 is 14.2 Å². The van der Waals surface area contributed by atoms with Crippen LogP contribution in [0.25, 0.3) is 21.5 Å². The summed E-state index contributed by atoms with van der Waals surface area (Å²) in [6, 6.07) is 14.4. The van der Waals surface area contributed by atoms with Crippen LogP contribution in [-0.4, -0.2) is 28.8 Å². The molecule has 3 heterocycles. The molecule has 8 heteroatoms. The van der Waals surface area contributed by atoms with Crippen LogP contribution in [0.2, 0.25) is 10.0 Å². The molecule has 0 spiro atoms. The zero-order valence-corrected chi connectivity index (χ0v) is 20.7. The standard InChI is InChI=1S/C26H23Cl2N3O2S/c27-18-4-3-5-19(28)23(18)24-17(25(33-30-24)14-8-9-14)13-32-21-11-16-10-15(21)12-31(16)26-29-20-6-1-2-7-22(20)34-26/h1-7,14-16,21H,8-13H2. The Morgan fingerprint density at radius 1 is 1.06 bits per heavy atom. The molecule has 3 atom stereocenters. The third-order valence-electron chi connectivity index (χ3n) is 7.41. The van der Waals surface area contributed by atoms with Gasteiger partial charge in [0.25, 0.3) is 0 Å². The monoisotopic (exact) mass is 511 g/mol. The van der Waals surface area contributed by atoms with E-state index in [1.165, 1.54) is 4.70 Å². The van der Waals surface area contributed by atoms with E-state index in [0.29, 0.717) is 34.5 Å². The molecular formula is C26H23Cl2N3O2S. The molecular weight excluding hydrogens is 489 g/mol. The van der Waals surface area contributed by atoms with Crippen LogP contribution >= 0.6 is 34.5 Å². The largest absolute Gasteiger partial charge is 0.373 e. The van der Waals surface area contributed by atoms with Crippen LogP contribution in [0.3, 0.4) is 0 Å². The van der Waals surface area contributed by atoms with E-state index < -0.39 is 0 Å². The number of anilines is 1. The van der Waals surface area contributed by atoms with E-state index in [0.717, 1.165) is 65.5 Å². The molecule has 1 saturated heterocycles. The van der Waals surface area contributed by atoms with Crippen LogP contribution in [0.1, 0.15) is 42.9 Å². The zero-order chi connectivity index (χ0) is 22.8. The molecule has 174 valence electrons. The molecule has 34 heavy (non-hydrogen) atoms. The fourth-order valence-electron chi connectivity index (χ4n) is 5.57. The number of thiazole rings is 1. The van der Waals surface area contributed by atoms with Gasteiger partial charge in [-0.05, 0) is 49.9 Å². The van der Waals surface area contributed by atoms with E-state index in [2.05, 4.69) is 34.3 Å². The fourth-order valence-corrected chi connectivity index (χ4v) is 7.19. The Hall–Kier alpha value is -2.12. The summed E-state index contributed by atoms with van der Waals surface area (Å²) < 4.78 is 13.6. The van der Waals surface area contributed by atoms with E-state index in [-0.39, 0.29) is 6.10 Å². The molecule has 3 aliphatic rings. The second kappa shape index (κ2) is 8.23. The predicted octanol–water partition coefficient (Wildman–Crippen LogP) is 7.32. The number of piperidine rings is 1. The number of halogens is 2. The Morgan fingerprint density at radius 3 is 2.62 bits per heavy atom. The Balaban J connectivity index is 1.10. The second-order valence-corrected chi connectivity index (χ2v) is 11.4. The van der Waals surface area contributed by atoms with Gasteiger partial charge in [0, 0.05) is 35.5 Å². The lowest BCUT2D eigenvalue weighted by Crippen LogP contribution is -2.38. The van der Waals surface area contributed by atoms with Gasteiger partial charge in [-0.3, -0.25) is 0 Å². The molecule has 0 amide bonds.